The lowest BCUT2D eigenvalue weighted by Gasteiger charge is -2.39. The SMILES string of the molecule is CC(C)=CC(C)(C)CC(C)(C)C1CCCCCCCCCCC1=O. The fourth-order valence-corrected chi connectivity index (χ4v) is 5.00. The Balaban J connectivity index is 2.84. The standard InChI is InChI=1S/C23H42O/c1-19(2)17-22(3,4)18-23(5,6)20-15-13-11-9-7-8-10-12-14-16-21(20)24/h17,20H,7-16,18H2,1-6H3. The molecule has 0 bridgehead atoms. The van der Waals surface area contributed by atoms with Crippen molar-refractivity contribution in [2.75, 3.05) is 0 Å². The zero-order valence-corrected chi connectivity index (χ0v) is 17.3. The molecule has 0 spiro atoms. The van der Waals surface area contributed by atoms with Crippen LogP contribution in [0.5, 0.6) is 0 Å². The van der Waals surface area contributed by atoms with Crippen LogP contribution in [0.2, 0.25) is 0 Å². The Morgan fingerprint density at radius 3 is 1.96 bits per heavy atom. The molecule has 0 saturated heterocycles. The van der Waals surface area contributed by atoms with Crippen LogP contribution in [0.4, 0.5) is 0 Å². The van der Waals surface area contributed by atoms with Crippen molar-refractivity contribution in [1.82, 2.24) is 0 Å². The molecule has 1 heteroatoms. The van der Waals surface area contributed by atoms with Gasteiger partial charge in [0, 0.05) is 12.3 Å². The highest BCUT2D eigenvalue weighted by atomic mass is 16.1. The Bertz CT molecular complexity index is 410. The van der Waals surface area contributed by atoms with Gasteiger partial charge in [0.25, 0.3) is 0 Å². The van der Waals surface area contributed by atoms with E-state index in [1.165, 1.54) is 50.5 Å². The molecule has 140 valence electrons. The number of allylic oxidation sites excluding steroid dienone is 2. The van der Waals surface area contributed by atoms with Gasteiger partial charge in [-0.25, -0.2) is 0 Å². The Morgan fingerprint density at radius 2 is 1.42 bits per heavy atom. The molecule has 1 aliphatic carbocycles. The van der Waals surface area contributed by atoms with Crippen molar-refractivity contribution in [1.29, 1.82) is 0 Å². The number of hydrogen-bond donors (Lipinski definition) is 0. The molecule has 0 aromatic heterocycles. The zero-order valence-electron chi connectivity index (χ0n) is 17.3. The average molecular weight is 335 g/mol. The number of carbonyl (C=O) groups excluding carboxylic acids is 1. The second-order valence-corrected chi connectivity index (χ2v) is 9.76. The maximum absolute atomic E-state index is 13.0. The van der Waals surface area contributed by atoms with Gasteiger partial charge in [0.2, 0.25) is 0 Å². The smallest absolute Gasteiger partial charge is 0.136 e. The second-order valence-electron chi connectivity index (χ2n) is 9.76. The molecule has 0 N–H and O–H groups in total. The summed E-state index contributed by atoms with van der Waals surface area (Å²) in [5, 5.41) is 0. The minimum atomic E-state index is 0.0800. The van der Waals surface area contributed by atoms with Gasteiger partial charge >= 0.3 is 0 Å². The van der Waals surface area contributed by atoms with Crippen LogP contribution in [0.25, 0.3) is 0 Å². The van der Waals surface area contributed by atoms with Crippen molar-refractivity contribution in [2.45, 2.75) is 112 Å². The predicted molar refractivity (Wildman–Crippen MR) is 106 cm³/mol. The lowest BCUT2D eigenvalue weighted by molar-refractivity contribution is -0.127. The molecule has 0 aliphatic heterocycles. The molecular weight excluding hydrogens is 292 g/mol. The molecule has 1 unspecified atom stereocenters. The van der Waals surface area contributed by atoms with Crippen molar-refractivity contribution in [3.63, 3.8) is 0 Å². The van der Waals surface area contributed by atoms with E-state index in [0.717, 1.165) is 25.7 Å². The molecule has 0 heterocycles. The summed E-state index contributed by atoms with van der Waals surface area (Å²) in [5.74, 6) is 0.773. The molecule has 1 nitrogen and oxygen atoms in total. The average Bonchev–Trinajstić information content (AvgIpc) is 2.39. The van der Waals surface area contributed by atoms with E-state index < -0.39 is 0 Å². The van der Waals surface area contributed by atoms with E-state index in [-0.39, 0.29) is 16.7 Å². The topological polar surface area (TPSA) is 17.1 Å². The summed E-state index contributed by atoms with van der Waals surface area (Å²) in [7, 11) is 0. The van der Waals surface area contributed by atoms with Gasteiger partial charge in [-0.2, -0.15) is 0 Å². The molecule has 1 aliphatic rings. The van der Waals surface area contributed by atoms with Gasteiger partial charge in [-0.15, -0.1) is 0 Å². The third-order valence-corrected chi connectivity index (χ3v) is 5.59. The Morgan fingerprint density at radius 1 is 0.917 bits per heavy atom. The van der Waals surface area contributed by atoms with E-state index in [1.807, 2.05) is 0 Å². The lowest BCUT2D eigenvalue weighted by atomic mass is 9.65. The van der Waals surface area contributed by atoms with Gasteiger partial charge in [0.15, 0.2) is 0 Å². The molecule has 0 aromatic carbocycles. The number of rotatable bonds is 4. The minimum absolute atomic E-state index is 0.0800. The molecule has 0 radical (unpaired) electrons. The van der Waals surface area contributed by atoms with E-state index in [2.05, 4.69) is 47.6 Å². The van der Waals surface area contributed by atoms with Crippen molar-refractivity contribution in [2.24, 2.45) is 16.7 Å². The van der Waals surface area contributed by atoms with E-state index in [9.17, 15) is 4.79 Å². The number of ketones is 1. The molecule has 0 amide bonds. The number of carbonyl (C=O) groups is 1. The van der Waals surface area contributed by atoms with Crippen LogP contribution in [-0.4, -0.2) is 5.78 Å². The highest BCUT2D eigenvalue weighted by molar-refractivity contribution is 5.81. The van der Waals surface area contributed by atoms with Gasteiger partial charge in [0.1, 0.15) is 5.78 Å². The van der Waals surface area contributed by atoms with Crippen LogP contribution in [0.3, 0.4) is 0 Å². The number of hydrogen-bond acceptors (Lipinski definition) is 1. The summed E-state index contributed by atoms with van der Waals surface area (Å²) in [5.41, 5.74) is 1.61. The van der Waals surface area contributed by atoms with E-state index >= 15 is 0 Å². The lowest BCUT2D eigenvalue weighted by Crippen LogP contribution is -2.35. The summed E-state index contributed by atoms with van der Waals surface area (Å²) in [6.07, 6.45) is 15.6. The van der Waals surface area contributed by atoms with Gasteiger partial charge in [-0.05, 0) is 43.9 Å². The molecule has 0 aromatic rings. The normalized spacial score (nSPS) is 22.4. The summed E-state index contributed by atoms with van der Waals surface area (Å²) in [4.78, 5) is 13.0. The first kappa shape index (κ1) is 21.5. The summed E-state index contributed by atoms with van der Waals surface area (Å²) in [6, 6.07) is 0. The van der Waals surface area contributed by atoms with Crippen molar-refractivity contribution >= 4 is 5.78 Å². The predicted octanol–water partition coefficient (Wildman–Crippen LogP) is 7.50. The molecule has 1 fully saturated rings. The molecule has 1 atom stereocenters. The van der Waals surface area contributed by atoms with Crippen molar-refractivity contribution < 1.29 is 4.79 Å². The fraction of sp³-hybridized carbons (Fsp3) is 0.870. The number of Topliss-reactive ketones (excluding diaryl/α,β-unsaturated/α-hetero) is 1. The fourth-order valence-electron chi connectivity index (χ4n) is 5.00. The second kappa shape index (κ2) is 9.78. The highest BCUT2D eigenvalue weighted by Gasteiger charge is 2.37. The third-order valence-electron chi connectivity index (χ3n) is 5.59. The van der Waals surface area contributed by atoms with Crippen LogP contribution in [0, 0.1) is 16.7 Å². The first-order valence-corrected chi connectivity index (χ1v) is 10.3. The van der Waals surface area contributed by atoms with E-state index in [1.54, 1.807) is 0 Å². The first-order valence-electron chi connectivity index (χ1n) is 10.3. The van der Waals surface area contributed by atoms with Gasteiger partial charge in [0.05, 0.1) is 0 Å². The van der Waals surface area contributed by atoms with Crippen molar-refractivity contribution in [3.05, 3.63) is 11.6 Å². The molecule has 24 heavy (non-hydrogen) atoms. The minimum Gasteiger partial charge on any atom is -0.299 e. The Hall–Kier alpha value is -0.590. The van der Waals surface area contributed by atoms with Crippen LogP contribution in [0.1, 0.15) is 112 Å². The van der Waals surface area contributed by atoms with Gasteiger partial charge < -0.3 is 0 Å². The van der Waals surface area contributed by atoms with Gasteiger partial charge in [-0.1, -0.05) is 84.3 Å². The summed E-state index contributed by atoms with van der Waals surface area (Å²) >= 11 is 0. The maximum atomic E-state index is 13.0. The Labute approximate surface area is 151 Å². The van der Waals surface area contributed by atoms with E-state index in [4.69, 9.17) is 0 Å². The summed E-state index contributed by atoms with van der Waals surface area (Å²) < 4.78 is 0. The third kappa shape index (κ3) is 7.99. The highest BCUT2D eigenvalue weighted by Crippen LogP contribution is 2.43. The Kier molecular flexibility index (Phi) is 8.74. The van der Waals surface area contributed by atoms with Crippen LogP contribution >= 0.6 is 0 Å². The molecule has 1 rings (SSSR count). The first-order chi connectivity index (χ1) is 11.1. The molecule has 1 saturated carbocycles. The van der Waals surface area contributed by atoms with Crippen molar-refractivity contribution in [3.8, 4) is 0 Å². The van der Waals surface area contributed by atoms with Crippen LogP contribution in [-0.2, 0) is 4.79 Å². The van der Waals surface area contributed by atoms with Gasteiger partial charge in [-0.3, -0.25) is 4.79 Å². The maximum Gasteiger partial charge on any atom is 0.136 e. The quantitative estimate of drug-likeness (QED) is 0.486. The summed E-state index contributed by atoms with van der Waals surface area (Å²) in [6.45, 7) is 13.7. The van der Waals surface area contributed by atoms with E-state index in [0.29, 0.717) is 5.78 Å². The largest absolute Gasteiger partial charge is 0.299 e. The van der Waals surface area contributed by atoms with Crippen LogP contribution < -0.4 is 0 Å². The monoisotopic (exact) mass is 334 g/mol. The van der Waals surface area contributed by atoms with Crippen LogP contribution in [0.15, 0.2) is 11.6 Å². The zero-order chi connectivity index (χ0) is 18.2. The molecular formula is C23H42O.